The Hall–Kier alpha value is -3.15. The SMILES string of the molecule is COc1ccc(C(=O)N(C2CCCCC2)C2CC(=O)N(c3ccccc3)C2=O)cc1. The summed E-state index contributed by atoms with van der Waals surface area (Å²) in [6.07, 6.45) is 4.90. The van der Waals surface area contributed by atoms with E-state index in [1.165, 1.54) is 4.90 Å². The number of ether oxygens (including phenoxy) is 1. The highest BCUT2D eigenvalue weighted by atomic mass is 16.5. The first kappa shape index (κ1) is 20.1. The zero-order valence-electron chi connectivity index (χ0n) is 17.1. The van der Waals surface area contributed by atoms with Crippen LogP contribution in [-0.4, -0.2) is 41.8 Å². The Labute approximate surface area is 176 Å². The first-order chi connectivity index (χ1) is 14.6. The lowest BCUT2D eigenvalue weighted by atomic mass is 9.92. The van der Waals surface area contributed by atoms with Gasteiger partial charge in [0.05, 0.1) is 19.2 Å². The lowest BCUT2D eigenvalue weighted by Gasteiger charge is -2.37. The van der Waals surface area contributed by atoms with Crippen LogP contribution in [0.25, 0.3) is 0 Å². The number of nitrogens with zero attached hydrogens (tertiary/aromatic N) is 2. The van der Waals surface area contributed by atoms with Gasteiger partial charge in [-0.3, -0.25) is 14.4 Å². The molecule has 1 unspecified atom stereocenters. The summed E-state index contributed by atoms with van der Waals surface area (Å²) in [6, 6.07) is 15.0. The number of anilines is 1. The Morgan fingerprint density at radius 3 is 2.27 bits per heavy atom. The number of hydrogen-bond acceptors (Lipinski definition) is 4. The van der Waals surface area contributed by atoms with E-state index in [4.69, 9.17) is 4.74 Å². The van der Waals surface area contributed by atoms with Crippen molar-refractivity contribution in [2.24, 2.45) is 0 Å². The molecule has 6 heteroatoms. The van der Waals surface area contributed by atoms with Crippen LogP contribution in [0.3, 0.4) is 0 Å². The van der Waals surface area contributed by atoms with E-state index < -0.39 is 6.04 Å². The van der Waals surface area contributed by atoms with Gasteiger partial charge in [-0.15, -0.1) is 0 Å². The van der Waals surface area contributed by atoms with Crippen LogP contribution in [0.5, 0.6) is 5.75 Å². The number of rotatable bonds is 5. The van der Waals surface area contributed by atoms with Gasteiger partial charge < -0.3 is 9.64 Å². The Bertz CT molecular complexity index is 920. The molecule has 2 aromatic rings. The number of hydrogen-bond donors (Lipinski definition) is 0. The van der Waals surface area contributed by atoms with Crippen molar-refractivity contribution in [3.63, 3.8) is 0 Å². The minimum atomic E-state index is -0.768. The Kier molecular flexibility index (Phi) is 5.84. The van der Waals surface area contributed by atoms with Crippen molar-refractivity contribution in [2.75, 3.05) is 12.0 Å². The van der Waals surface area contributed by atoms with E-state index in [-0.39, 0.29) is 30.2 Å². The molecular weight excluding hydrogens is 380 g/mol. The summed E-state index contributed by atoms with van der Waals surface area (Å²) in [7, 11) is 1.58. The molecule has 1 heterocycles. The quantitative estimate of drug-likeness (QED) is 0.709. The van der Waals surface area contributed by atoms with Gasteiger partial charge in [0.1, 0.15) is 11.8 Å². The van der Waals surface area contributed by atoms with Crippen molar-refractivity contribution in [1.82, 2.24) is 4.90 Å². The molecule has 2 aliphatic rings. The largest absolute Gasteiger partial charge is 0.497 e. The van der Waals surface area contributed by atoms with E-state index in [0.717, 1.165) is 32.1 Å². The molecule has 4 rings (SSSR count). The first-order valence-corrected chi connectivity index (χ1v) is 10.5. The zero-order chi connectivity index (χ0) is 21.1. The molecule has 0 bridgehead atoms. The molecule has 2 aromatic carbocycles. The normalized spacial score (nSPS) is 19.8. The molecule has 0 N–H and O–H groups in total. The van der Waals surface area contributed by atoms with E-state index in [1.807, 2.05) is 6.07 Å². The fourth-order valence-corrected chi connectivity index (χ4v) is 4.49. The number of imide groups is 1. The van der Waals surface area contributed by atoms with Crippen molar-refractivity contribution in [3.05, 3.63) is 60.2 Å². The molecule has 30 heavy (non-hydrogen) atoms. The average molecular weight is 406 g/mol. The summed E-state index contributed by atoms with van der Waals surface area (Å²) in [5, 5.41) is 0. The fourth-order valence-electron chi connectivity index (χ4n) is 4.49. The molecule has 1 atom stereocenters. The summed E-state index contributed by atoms with van der Waals surface area (Å²) >= 11 is 0. The second kappa shape index (κ2) is 8.69. The third kappa shape index (κ3) is 3.82. The van der Waals surface area contributed by atoms with Crippen molar-refractivity contribution in [1.29, 1.82) is 0 Å². The van der Waals surface area contributed by atoms with Crippen molar-refractivity contribution >= 4 is 23.4 Å². The van der Waals surface area contributed by atoms with Crippen LogP contribution in [-0.2, 0) is 9.59 Å². The van der Waals surface area contributed by atoms with Crippen LogP contribution in [0, 0.1) is 0 Å². The van der Waals surface area contributed by atoms with Crippen LogP contribution < -0.4 is 9.64 Å². The molecule has 156 valence electrons. The number of carbonyl (C=O) groups excluding carboxylic acids is 3. The van der Waals surface area contributed by atoms with Crippen LogP contribution in [0.4, 0.5) is 5.69 Å². The van der Waals surface area contributed by atoms with Gasteiger partial charge in [0.2, 0.25) is 5.91 Å². The first-order valence-electron chi connectivity index (χ1n) is 10.5. The van der Waals surface area contributed by atoms with E-state index >= 15 is 0 Å². The molecule has 1 saturated heterocycles. The highest BCUT2D eigenvalue weighted by molar-refractivity contribution is 6.23. The molecule has 1 aliphatic carbocycles. The summed E-state index contributed by atoms with van der Waals surface area (Å²) in [5.41, 5.74) is 1.05. The van der Waals surface area contributed by atoms with E-state index in [9.17, 15) is 14.4 Å². The highest BCUT2D eigenvalue weighted by Crippen LogP contribution is 2.32. The van der Waals surface area contributed by atoms with Gasteiger partial charge in [-0.25, -0.2) is 4.90 Å². The number of methoxy groups -OCH3 is 1. The lowest BCUT2D eigenvalue weighted by Crippen LogP contribution is -2.51. The zero-order valence-corrected chi connectivity index (χ0v) is 17.1. The van der Waals surface area contributed by atoms with Gasteiger partial charge in [0, 0.05) is 11.6 Å². The van der Waals surface area contributed by atoms with Gasteiger partial charge in [-0.2, -0.15) is 0 Å². The molecule has 3 amide bonds. The number of benzene rings is 2. The number of amides is 3. The Balaban J connectivity index is 1.66. The lowest BCUT2D eigenvalue weighted by molar-refractivity contribution is -0.123. The molecular formula is C24H26N2O4. The summed E-state index contributed by atoms with van der Waals surface area (Å²) in [5.74, 6) is -0.123. The molecule has 0 spiro atoms. The number of carbonyl (C=O) groups is 3. The van der Waals surface area contributed by atoms with E-state index in [2.05, 4.69) is 0 Å². The van der Waals surface area contributed by atoms with Crippen LogP contribution in [0.1, 0.15) is 48.9 Å². The topological polar surface area (TPSA) is 66.9 Å². The Morgan fingerprint density at radius 1 is 0.967 bits per heavy atom. The van der Waals surface area contributed by atoms with E-state index in [0.29, 0.717) is 17.0 Å². The highest BCUT2D eigenvalue weighted by Gasteiger charge is 2.46. The molecule has 1 aliphatic heterocycles. The second-order valence-electron chi connectivity index (χ2n) is 7.86. The molecule has 0 radical (unpaired) electrons. The smallest absolute Gasteiger partial charge is 0.257 e. The minimum absolute atomic E-state index is 0.0200. The molecule has 1 saturated carbocycles. The minimum Gasteiger partial charge on any atom is -0.497 e. The van der Waals surface area contributed by atoms with Gasteiger partial charge in [-0.1, -0.05) is 37.5 Å². The summed E-state index contributed by atoms with van der Waals surface area (Å²) < 4.78 is 5.19. The van der Waals surface area contributed by atoms with Crippen LogP contribution in [0.2, 0.25) is 0 Å². The third-order valence-corrected chi connectivity index (χ3v) is 6.01. The van der Waals surface area contributed by atoms with Crippen LogP contribution in [0.15, 0.2) is 54.6 Å². The maximum atomic E-state index is 13.5. The van der Waals surface area contributed by atoms with Gasteiger partial charge >= 0.3 is 0 Å². The van der Waals surface area contributed by atoms with Gasteiger partial charge in [0.15, 0.2) is 0 Å². The fraction of sp³-hybridized carbons (Fsp3) is 0.375. The summed E-state index contributed by atoms with van der Waals surface area (Å²) in [4.78, 5) is 42.5. The average Bonchev–Trinajstić information content (AvgIpc) is 3.08. The predicted octanol–water partition coefficient (Wildman–Crippen LogP) is 3.80. The third-order valence-electron chi connectivity index (χ3n) is 6.01. The Morgan fingerprint density at radius 2 is 1.63 bits per heavy atom. The molecule has 0 aromatic heterocycles. The van der Waals surface area contributed by atoms with Gasteiger partial charge in [-0.05, 0) is 49.2 Å². The van der Waals surface area contributed by atoms with Gasteiger partial charge in [0.25, 0.3) is 11.8 Å². The van der Waals surface area contributed by atoms with E-state index in [1.54, 1.807) is 60.5 Å². The number of para-hydroxylation sites is 1. The van der Waals surface area contributed by atoms with Crippen LogP contribution >= 0.6 is 0 Å². The maximum Gasteiger partial charge on any atom is 0.257 e. The van der Waals surface area contributed by atoms with Crippen molar-refractivity contribution in [2.45, 2.75) is 50.6 Å². The molecule has 2 fully saturated rings. The standard InChI is InChI=1S/C24H26N2O4/c1-30-20-14-12-17(13-15-20)23(28)25(18-8-4-2-5-9-18)21-16-22(27)26(24(21)29)19-10-6-3-7-11-19/h3,6-7,10-15,18,21H,2,4-5,8-9,16H2,1H3. The maximum absolute atomic E-state index is 13.5. The van der Waals surface area contributed by atoms with Crippen molar-refractivity contribution < 1.29 is 19.1 Å². The monoisotopic (exact) mass is 406 g/mol. The second-order valence-corrected chi connectivity index (χ2v) is 7.86. The predicted molar refractivity (Wildman–Crippen MR) is 113 cm³/mol. The van der Waals surface area contributed by atoms with Crippen molar-refractivity contribution in [3.8, 4) is 5.75 Å². The molecule has 6 nitrogen and oxygen atoms in total. The summed E-state index contributed by atoms with van der Waals surface area (Å²) in [6.45, 7) is 0.